The second-order valence-electron chi connectivity index (χ2n) is 5.78. The number of carboxylic acid groups (broad SMARTS) is 1. The highest BCUT2D eigenvalue weighted by Crippen LogP contribution is 2.46. The Balaban J connectivity index is 3.51. The number of carbonyl (C=O) groups is 2. The summed E-state index contributed by atoms with van der Waals surface area (Å²) < 4.78 is 72.6. The predicted molar refractivity (Wildman–Crippen MR) is 71.0 cm³/mol. The first kappa shape index (κ1) is 19.8. The van der Waals surface area contributed by atoms with Crippen LogP contribution in [0.4, 0.5) is 22.1 Å². The molecule has 0 amide bonds. The molecular weight excluding hydrogens is 341 g/mol. The van der Waals surface area contributed by atoms with Crippen molar-refractivity contribution in [2.75, 3.05) is 0 Å². The van der Waals surface area contributed by atoms with Gasteiger partial charge in [0, 0.05) is 5.56 Å². The van der Waals surface area contributed by atoms with E-state index in [0.29, 0.717) is 6.07 Å². The first-order chi connectivity index (χ1) is 10.7. The summed E-state index contributed by atoms with van der Waals surface area (Å²) in [4.78, 5) is 22.7. The van der Waals surface area contributed by atoms with E-state index in [0.717, 1.165) is 18.2 Å². The highest BCUT2D eigenvalue weighted by Gasteiger charge is 2.69. The number of hydrogen-bond acceptors (Lipinski definition) is 4. The summed E-state index contributed by atoms with van der Waals surface area (Å²) in [7, 11) is 0. The van der Waals surface area contributed by atoms with E-state index < -0.39 is 45.7 Å². The van der Waals surface area contributed by atoms with E-state index in [1.807, 2.05) is 0 Å². The number of alkyl halides is 3. The van der Waals surface area contributed by atoms with Crippen LogP contribution in [-0.4, -0.2) is 33.8 Å². The van der Waals surface area contributed by atoms with Gasteiger partial charge in [-0.05, 0) is 26.8 Å². The summed E-state index contributed by atoms with van der Waals surface area (Å²) in [5.74, 6) is -15.1. The van der Waals surface area contributed by atoms with Crippen LogP contribution >= 0.6 is 0 Å². The second-order valence-corrected chi connectivity index (χ2v) is 5.78. The lowest BCUT2D eigenvalue weighted by Crippen LogP contribution is -2.56. The van der Waals surface area contributed by atoms with Crippen molar-refractivity contribution >= 4 is 11.9 Å². The molecule has 1 rings (SSSR count). The molecule has 24 heavy (non-hydrogen) atoms. The monoisotopic (exact) mass is 355 g/mol. The van der Waals surface area contributed by atoms with Crippen molar-refractivity contribution in [3.63, 3.8) is 0 Å². The maximum absolute atomic E-state index is 14.3. The quantitative estimate of drug-likeness (QED) is 0.379. The first-order valence-electron chi connectivity index (χ1n) is 6.50. The molecule has 1 N–H and O–H groups in total. The van der Waals surface area contributed by atoms with E-state index in [4.69, 9.17) is 9.84 Å². The predicted octanol–water partition coefficient (Wildman–Crippen LogP) is 3.56. The van der Waals surface area contributed by atoms with Gasteiger partial charge < -0.3 is 9.84 Å². The van der Waals surface area contributed by atoms with Crippen LogP contribution in [0.2, 0.25) is 0 Å². The average Bonchev–Trinajstić information content (AvgIpc) is 2.43. The van der Waals surface area contributed by atoms with Gasteiger partial charge in [-0.2, -0.15) is 8.78 Å². The van der Waals surface area contributed by atoms with Crippen LogP contribution < -0.4 is 0 Å². The van der Waals surface area contributed by atoms with Gasteiger partial charge >= 0.3 is 23.7 Å². The SMILES string of the molecule is CC(C)(C)OC(=O)c1ccccc1C(F)(F)C(F)(C(=O)O)N(F)F. The minimum Gasteiger partial charge on any atom is -0.478 e. The van der Waals surface area contributed by atoms with Crippen molar-refractivity contribution in [2.45, 2.75) is 38.1 Å². The molecule has 1 aromatic carbocycles. The summed E-state index contributed by atoms with van der Waals surface area (Å²) >= 11 is 0. The van der Waals surface area contributed by atoms with Gasteiger partial charge in [0.25, 0.3) is 0 Å². The lowest BCUT2D eigenvalue weighted by Gasteiger charge is -2.30. The van der Waals surface area contributed by atoms with E-state index in [2.05, 4.69) is 0 Å². The van der Waals surface area contributed by atoms with Crippen LogP contribution in [0.5, 0.6) is 0 Å². The zero-order chi connectivity index (χ0) is 18.9. The van der Waals surface area contributed by atoms with Gasteiger partial charge in [-0.1, -0.05) is 27.2 Å². The summed E-state index contributed by atoms with van der Waals surface area (Å²) in [6, 6.07) is 3.29. The summed E-state index contributed by atoms with van der Waals surface area (Å²) in [6.07, 6.45) is 0. The van der Waals surface area contributed by atoms with Gasteiger partial charge in [0.1, 0.15) is 5.60 Å². The van der Waals surface area contributed by atoms with Gasteiger partial charge in [0.2, 0.25) is 0 Å². The molecule has 5 nitrogen and oxygen atoms in total. The maximum Gasteiger partial charge on any atom is 0.382 e. The molecule has 1 atom stereocenters. The van der Waals surface area contributed by atoms with Crippen LogP contribution in [0.3, 0.4) is 0 Å². The third kappa shape index (κ3) is 3.48. The van der Waals surface area contributed by atoms with Crippen LogP contribution in [0.1, 0.15) is 36.7 Å². The molecule has 0 aromatic heterocycles. The topological polar surface area (TPSA) is 66.8 Å². The molecule has 1 aromatic rings. The van der Waals surface area contributed by atoms with Gasteiger partial charge in [-0.15, -0.1) is 0 Å². The Labute approximate surface area is 133 Å². The lowest BCUT2D eigenvalue weighted by molar-refractivity contribution is -0.340. The van der Waals surface area contributed by atoms with Crippen LogP contribution in [0.25, 0.3) is 0 Å². The number of halogens is 5. The zero-order valence-corrected chi connectivity index (χ0v) is 12.8. The normalized spacial score (nSPS) is 15.0. The Bertz CT molecular complexity index is 644. The number of carboxylic acids is 1. The van der Waals surface area contributed by atoms with Crippen molar-refractivity contribution in [3.8, 4) is 0 Å². The van der Waals surface area contributed by atoms with Crippen molar-refractivity contribution in [2.24, 2.45) is 0 Å². The number of hydrogen-bond donors (Lipinski definition) is 1. The van der Waals surface area contributed by atoms with Crippen molar-refractivity contribution in [1.29, 1.82) is 0 Å². The molecule has 0 spiro atoms. The summed E-state index contributed by atoms with van der Waals surface area (Å²) in [5, 5.41) is 5.77. The molecule has 0 aliphatic carbocycles. The highest BCUT2D eigenvalue weighted by molar-refractivity contribution is 5.92. The van der Waals surface area contributed by atoms with Gasteiger partial charge in [-0.3, -0.25) is 0 Å². The minimum atomic E-state index is -5.37. The molecule has 0 saturated heterocycles. The van der Waals surface area contributed by atoms with Crippen LogP contribution in [0.15, 0.2) is 24.3 Å². The number of rotatable bonds is 5. The van der Waals surface area contributed by atoms with Gasteiger partial charge in [0.15, 0.2) is 0 Å². The molecule has 10 heteroatoms. The van der Waals surface area contributed by atoms with E-state index in [-0.39, 0.29) is 0 Å². The van der Waals surface area contributed by atoms with Gasteiger partial charge in [0.05, 0.1) is 10.9 Å². The second kappa shape index (κ2) is 6.34. The Hall–Kier alpha value is -2.23. The Morgan fingerprint density at radius 3 is 2.00 bits per heavy atom. The number of nitrogens with zero attached hydrogens (tertiary/aromatic N) is 1. The third-order valence-corrected chi connectivity index (χ3v) is 2.82. The minimum absolute atomic E-state index is 0.472. The smallest absolute Gasteiger partial charge is 0.382 e. The molecule has 0 fully saturated rings. The molecular formula is C14H14F5NO4. The number of carbonyl (C=O) groups excluding carboxylic acids is 1. The van der Waals surface area contributed by atoms with Crippen LogP contribution in [0, 0.1) is 0 Å². The number of esters is 1. The van der Waals surface area contributed by atoms with Crippen molar-refractivity contribution < 1.29 is 41.6 Å². The van der Waals surface area contributed by atoms with Crippen LogP contribution in [-0.2, 0) is 15.5 Å². The standard InChI is InChI=1S/C14H14F5NO4/c1-12(2,3)24-10(21)8-6-4-5-7-9(8)13(15,16)14(17,11(22)23)20(18)19/h4-7H,1-3H3,(H,22,23). The summed E-state index contributed by atoms with van der Waals surface area (Å²) in [5.41, 5.74) is -3.57. The van der Waals surface area contributed by atoms with E-state index in [1.54, 1.807) is 0 Å². The average molecular weight is 355 g/mol. The number of aliphatic carboxylic acids is 1. The summed E-state index contributed by atoms with van der Waals surface area (Å²) in [6.45, 7) is 4.27. The fourth-order valence-corrected chi connectivity index (χ4v) is 1.76. The lowest BCUT2D eigenvalue weighted by atomic mass is 9.94. The van der Waals surface area contributed by atoms with Crippen molar-refractivity contribution in [3.05, 3.63) is 35.4 Å². The molecule has 0 bridgehead atoms. The molecule has 0 aliphatic heterocycles. The van der Waals surface area contributed by atoms with E-state index in [9.17, 15) is 31.7 Å². The molecule has 0 radical (unpaired) electrons. The zero-order valence-electron chi connectivity index (χ0n) is 12.8. The number of ether oxygens (including phenoxy) is 1. The molecule has 0 heterocycles. The molecule has 134 valence electrons. The van der Waals surface area contributed by atoms with E-state index in [1.165, 1.54) is 20.8 Å². The Morgan fingerprint density at radius 1 is 1.08 bits per heavy atom. The van der Waals surface area contributed by atoms with Crippen molar-refractivity contribution in [1.82, 2.24) is 5.34 Å². The van der Waals surface area contributed by atoms with Gasteiger partial charge in [-0.25, -0.2) is 14.0 Å². The molecule has 1 unspecified atom stereocenters. The fourth-order valence-electron chi connectivity index (χ4n) is 1.76. The third-order valence-electron chi connectivity index (χ3n) is 2.82. The molecule has 0 aliphatic rings. The Kier molecular flexibility index (Phi) is 5.24. The highest BCUT2D eigenvalue weighted by atomic mass is 19.4. The maximum atomic E-state index is 14.3. The molecule has 0 saturated carbocycles. The Morgan fingerprint density at radius 2 is 1.58 bits per heavy atom. The number of benzene rings is 1. The largest absolute Gasteiger partial charge is 0.478 e. The fraction of sp³-hybridized carbons (Fsp3) is 0.429. The first-order valence-corrected chi connectivity index (χ1v) is 6.50. The van der Waals surface area contributed by atoms with E-state index >= 15 is 0 Å².